The first kappa shape index (κ1) is 13.0. The average molecular weight is 287 g/mol. The highest BCUT2D eigenvalue weighted by Crippen LogP contribution is 2.38. The minimum atomic E-state index is 0.514. The van der Waals surface area contributed by atoms with E-state index in [1.165, 1.54) is 31.2 Å². The Bertz CT molecular complexity index is 615. The fourth-order valence-corrected chi connectivity index (χ4v) is 3.11. The summed E-state index contributed by atoms with van der Waals surface area (Å²) in [5, 5.41) is 8.50. The van der Waals surface area contributed by atoms with Crippen molar-refractivity contribution in [1.82, 2.24) is 24.8 Å². The summed E-state index contributed by atoms with van der Waals surface area (Å²) >= 11 is 0. The van der Waals surface area contributed by atoms with Crippen LogP contribution in [0, 0.1) is 6.92 Å². The lowest BCUT2D eigenvalue weighted by Crippen LogP contribution is -2.32. The molecule has 3 heterocycles. The van der Waals surface area contributed by atoms with Crippen LogP contribution in [-0.2, 0) is 13.1 Å². The van der Waals surface area contributed by atoms with Crippen LogP contribution in [-0.4, -0.2) is 37.4 Å². The van der Waals surface area contributed by atoms with Crippen LogP contribution in [0.2, 0.25) is 0 Å². The summed E-state index contributed by atoms with van der Waals surface area (Å²) in [6.07, 6.45) is 8.89. The molecule has 0 N–H and O–H groups in total. The Morgan fingerprint density at radius 1 is 1.33 bits per heavy atom. The molecule has 112 valence electrons. The Balaban J connectivity index is 1.40. The molecule has 2 aromatic heterocycles. The molecule has 1 saturated carbocycles. The molecule has 1 saturated heterocycles. The largest absolute Gasteiger partial charge is 0.338 e. The van der Waals surface area contributed by atoms with E-state index in [-0.39, 0.29) is 0 Å². The minimum absolute atomic E-state index is 0.514. The van der Waals surface area contributed by atoms with Crippen molar-refractivity contribution in [2.24, 2.45) is 0 Å². The molecule has 6 heteroatoms. The standard InChI is InChI=1S/C15H21N5O/c1-11-7-16-20(8-11)9-13-3-2-6-19(13)10-14-17-15(18-21-14)12-4-5-12/h7-8,12-13H,2-6,9-10H2,1H3. The molecule has 0 aromatic carbocycles. The molecule has 2 aromatic rings. The second kappa shape index (κ2) is 5.26. The van der Waals surface area contributed by atoms with E-state index in [1.807, 2.05) is 10.9 Å². The highest BCUT2D eigenvalue weighted by molar-refractivity contribution is 5.03. The first-order valence-electron chi connectivity index (χ1n) is 7.83. The van der Waals surface area contributed by atoms with E-state index in [4.69, 9.17) is 4.52 Å². The second-order valence-electron chi connectivity index (χ2n) is 6.33. The number of nitrogens with zero attached hydrogens (tertiary/aromatic N) is 5. The van der Waals surface area contributed by atoms with E-state index in [0.717, 1.165) is 31.3 Å². The van der Waals surface area contributed by atoms with Gasteiger partial charge in [0.15, 0.2) is 5.82 Å². The van der Waals surface area contributed by atoms with E-state index < -0.39 is 0 Å². The zero-order valence-corrected chi connectivity index (χ0v) is 12.4. The summed E-state index contributed by atoms with van der Waals surface area (Å²) in [6, 6.07) is 0.514. The monoisotopic (exact) mass is 287 g/mol. The highest BCUT2D eigenvalue weighted by atomic mass is 16.5. The lowest BCUT2D eigenvalue weighted by molar-refractivity contribution is 0.192. The summed E-state index contributed by atoms with van der Waals surface area (Å²) in [5.41, 5.74) is 1.21. The summed E-state index contributed by atoms with van der Waals surface area (Å²) in [6.45, 7) is 4.89. The number of likely N-dealkylation sites (tertiary alicyclic amines) is 1. The van der Waals surface area contributed by atoms with Gasteiger partial charge >= 0.3 is 0 Å². The van der Waals surface area contributed by atoms with E-state index in [0.29, 0.717) is 12.0 Å². The predicted molar refractivity (Wildman–Crippen MR) is 76.7 cm³/mol. The summed E-state index contributed by atoms with van der Waals surface area (Å²) in [4.78, 5) is 6.99. The van der Waals surface area contributed by atoms with Gasteiger partial charge < -0.3 is 4.52 Å². The molecule has 6 nitrogen and oxygen atoms in total. The number of hydrogen-bond acceptors (Lipinski definition) is 5. The fraction of sp³-hybridized carbons (Fsp3) is 0.667. The normalized spacial score (nSPS) is 23.0. The van der Waals surface area contributed by atoms with Gasteiger partial charge in [-0.15, -0.1) is 0 Å². The van der Waals surface area contributed by atoms with Crippen LogP contribution in [0.3, 0.4) is 0 Å². The predicted octanol–water partition coefficient (Wildman–Crippen LogP) is 2.12. The number of aromatic nitrogens is 4. The van der Waals surface area contributed by atoms with Gasteiger partial charge in [-0.1, -0.05) is 5.16 Å². The first-order valence-corrected chi connectivity index (χ1v) is 7.83. The number of aryl methyl sites for hydroxylation is 1. The maximum Gasteiger partial charge on any atom is 0.240 e. The van der Waals surface area contributed by atoms with Crippen LogP contribution in [0.25, 0.3) is 0 Å². The SMILES string of the molecule is Cc1cnn(CC2CCCN2Cc2nc(C3CC3)no2)c1. The molecule has 0 radical (unpaired) electrons. The molecule has 2 aliphatic rings. The van der Waals surface area contributed by atoms with Gasteiger partial charge in [0.25, 0.3) is 0 Å². The first-order chi connectivity index (χ1) is 10.3. The smallest absolute Gasteiger partial charge is 0.240 e. The molecular formula is C15H21N5O. The second-order valence-corrected chi connectivity index (χ2v) is 6.33. The van der Waals surface area contributed by atoms with Gasteiger partial charge in [-0.3, -0.25) is 9.58 Å². The van der Waals surface area contributed by atoms with E-state index in [2.05, 4.69) is 33.3 Å². The molecule has 4 rings (SSSR count). The van der Waals surface area contributed by atoms with Crippen LogP contribution >= 0.6 is 0 Å². The zero-order valence-electron chi connectivity index (χ0n) is 12.4. The van der Waals surface area contributed by atoms with Crippen LogP contribution in [0.5, 0.6) is 0 Å². The maximum atomic E-state index is 5.41. The van der Waals surface area contributed by atoms with E-state index >= 15 is 0 Å². The quantitative estimate of drug-likeness (QED) is 0.843. The molecular weight excluding hydrogens is 266 g/mol. The molecule has 0 bridgehead atoms. The van der Waals surface area contributed by atoms with Crippen LogP contribution in [0.15, 0.2) is 16.9 Å². The van der Waals surface area contributed by atoms with Crippen molar-refractivity contribution in [3.63, 3.8) is 0 Å². The van der Waals surface area contributed by atoms with Crippen molar-refractivity contribution in [2.45, 2.75) is 57.7 Å². The number of hydrogen-bond donors (Lipinski definition) is 0. The summed E-state index contributed by atoms with van der Waals surface area (Å²) in [7, 11) is 0. The fourth-order valence-electron chi connectivity index (χ4n) is 3.11. The van der Waals surface area contributed by atoms with E-state index in [1.54, 1.807) is 0 Å². The third kappa shape index (κ3) is 2.85. The molecule has 1 aliphatic carbocycles. The Hall–Kier alpha value is -1.69. The molecule has 21 heavy (non-hydrogen) atoms. The van der Waals surface area contributed by atoms with Gasteiger partial charge in [-0.25, -0.2) is 0 Å². The van der Waals surface area contributed by atoms with Crippen LogP contribution < -0.4 is 0 Å². The minimum Gasteiger partial charge on any atom is -0.338 e. The average Bonchev–Trinajstić information content (AvgIpc) is 2.86. The molecule has 1 atom stereocenters. The van der Waals surface area contributed by atoms with Crippen molar-refractivity contribution in [2.75, 3.05) is 6.54 Å². The van der Waals surface area contributed by atoms with Crippen molar-refractivity contribution in [3.05, 3.63) is 29.7 Å². The molecule has 1 aliphatic heterocycles. The van der Waals surface area contributed by atoms with Gasteiger partial charge in [0.1, 0.15) is 0 Å². The van der Waals surface area contributed by atoms with Gasteiger partial charge in [0, 0.05) is 18.2 Å². The van der Waals surface area contributed by atoms with Crippen molar-refractivity contribution in [3.8, 4) is 0 Å². The third-order valence-corrected chi connectivity index (χ3v) is 4.42. The summed E-state index contributed by atoms with van der Waals surface area (Å²) < 4.78 is 7.45. The van der Waals surface area contributed by atoms with Gasteiger partial charge in [0.2, 0.25) is 5.89 Å². The van der Waals surface area contributed by atoms with Gasteiger partial charge in [-0.2, -0.15) is 10.1 Å². The van der Waals surface area contributed by atoms with Crippen LogP contribution in [0.4, 0.5) is 0 Å². The molecule has 0 amide bonds. The maximum absolute atomic E-state index is 5.41. The zero-order chi connectivity index (χ0) is 14.2. The van der Waals surface area contributed by atoms with Gasteiger partial charge in [0.05, 0.1) is 19.3 Å². The lowest BCUT2D eigenvalue weighted by atomic mass is 10.2. The molecule has 0 spiro atoms. The molecule has 2 fully saturated rings. The number of rotatable bonds is 5. The van der Waals surface area contributed by atoms with Crippen molar-refractivity contribution >= 4 is 0 Å². The van der Waals surface area contributed by atoms with Crippen molar-refractivity contribution < 1.29 is 4.52 Å². The Morgan fingerprint density at radius 2 is 2.24 bits per heavy atom. The Kier molecular flexibility index (Phi) is 3.25. The molecule has 1 unspecified atom stereocenters. The third-order valence-electron chi connectivity index (χ3n) is 4.42. The Morgan fingerprint density at radius 3 is 3.00 bits per heavy atom. The lowest BCUT2D eigenvalue weighted by Gasteiger charge is -2.22. The van der Waals surface area contributed by atoms with E-state index in [9.17, 15) is 0 Å². The van der Waals surface area contributed by atoms with Crippen molar-refractivity contribution in [1.29, 1.82) is 0 Å². The Labute approximate surface area is 124 Å². The highest BCUT2D eigenvalue weighted by Gasteiger charge is 2.30. The van der Waals surface area contributed by atoms with Gasteiger partial charge in [-0.05, 0) is 44.7 Å². The summed E-state index contributed by atoms with van der Waals surface area (Å²) in [5.74, 6) is 2.23. The topological polar surface area (TPSA) is 60.0 Å². The van der Waals surface area contributed by atoms with Crippen LogP contribution in [0.1, 0.15) is 48.9 Å².